The molecule has 0 aliphatic rings. The van der Waals surface area contributed by atoms with Crippen LogP contribution in [0.4, 0.5) is 10.1 Å². The second-order valence-corrected chi connectivity index (χ2v) is 5.80. The van der Waals surface area contributed by atoms with Gasteiger partial charge in [-0.3, -0.25) is 4.72 Å². The maximum absolute atomic E-state index is 13.0. The number of rotatable bonds is 3. The SMILES string of the molecule is Cn1cnc(S(=O)(=O)Nc2cc(Cl)c(F)cc2O)c1. The van der Waals surface area contributed by atoms with Gasteiger partial charge in [-0.05, 0) is 6.07 Å². The molecule has 0 saturated heterocycles. The van der Waals surface area contributed by atoms with Gasteiger partial charge in [0.2, 0.25) is 0 Å². The number of aromatic hydroxyl groups is 1. The van der Waals surface area contributed by atoms with Crippen LogP contribution in [-0.4, -0.2) is 23.1 Å². The second-order valence-electron chi connectivity index (χ2n) is 3.77. The van der Waals surface area contributed by atoms with Gasteiger partial charge < -0.3 is 9.67 Å². The molecule has 1 aromatic heterocycles. The predicted octanol–water partition coefficient (Wildman–Crippen LogP) is 1.72. The molecule has 0 unspecified atom stereocenters. The summed E-state index contributed by atoms with van der Waals surface area (Å²) >= 11 is 5.52. The van der Waals surface area contributed by atoms with Crippen molar-refractivity contribution in [3.8, 4) is 5.75 Å². The van der Waals surface area contributed by atoms with Gasteiger partial charge in [0, 0.05) is 19.3 Å². The summed E-state index contributed by atoms with van der Waals surface area (Å²) in [5.74, 6) is -1.42. The molecule has 9 heteroatoms. The van der Waals surface area contributed by atoms with Crippen LogP contribution in [0.25, 0.3) is 0 Å². The molecule has 6 nitrogen and oxygen atoms in total. The van der Waals surface area contributed by atoms with Gasteiger partial charge in [-0.1, -0.05) is 11.6 Å². The maximum Gasteiger partial charge on any atom is 0.281 e. The minimum atomic E-state index is -3.97. The molecule has 0 radical (unpaired) electrons. The van der Waals surface area contributed by atoms with Crippen molar-refractivity contribution < 1.29 is 17.9 Å². The van der Waals surface area contributed by atoms with Crippen LogP contribution in [0.2, 0.25) is 5.02 Å². The van der Waals surface area contributed by atoms with Gasteiger partial charge >= 0.3 is 0 Å². The van der Waals surface area contributed by atoms with Gasteiger partial charge in [-0.15, -0.1) is 0 Å². The normalized spacial score (nSPS) is 11.5. The third-order valence-corrected chi connectivity index (χ3v) is 3.78. The Morgan fingerprint density at radius 3 is 2.74 bits per heavy atom. The molecule has 0 fully saturated rings. The lowest BCUT2D eigenvalue weighted by atomic mass is 10.3. The average molecular weight is 306 g/mol. The highest BCUT2D eigenvalue weighted by Gasteiger charge is 2.19. The van der Waals surface area contributed by atoms with Crippen LogP contribution in [0.15, 0.2) is 29.7 Å². The van der Waals surface area contributed by atoms with E-state index in [0.717, 1.165) is 12.1 Å². The van der Waals surface area contributed by atoms with Crippen molar-refractivity contribution in [3.05, 3.63) is 35.5 Å². The second kappa shape index (κ2) is 4.71. The van der Waals surface area contributed by atoms with Crippen LogP contribution in [0.1, 0.15) is 0 Å². The fourth-order valence-corrected chi connectivity index (χ4v) is 2.55. The number of imidazole rings is 1. The summed E-state index contributed by atoms with van der Waals surface area (Å²) in [6.45, 7) is 0. The number of benzene rings is 1. The van der Waals surface area contributed by atoms with Crippen LogP contribution in [0.3, 0.4) is 0 Å². The van der Waals surface area contributed by atoms with Crippen molar-refractivity contribution in [2.24, 2.45) is 7.05 Å². The third kappa shape index (κ3) is 2.79. The Bertz CT molecular complexity index is 730. The monoisotopic (exact) mass is 305 g/mol. The largest absolute Gasteiger partial charge is 0.506 e. The van der Waals surface area contributed by atoms with Gasteiger partial charge in [-0.25, -0.2) is 9.37 Å². The topological polar surface area (TPSA) is 84.2 Å². The Kier molecular flexibility index (Phi) is 3.38. The predicted molar refractivity (Wildman–Crippen MR) is 67.1 cm³/mol. The molecule has 2 rings (SSSR count). The summed E-state index contributed by atoms with van der Waals surface area (Å²) in [5, 5.41) is 8.94. The average Bonchev–Trinajstić information content (AvgIpc) is 2.73. The zero-order chi connectivity index (χ0) is 14.2. The summed E-state index contributed by atoms with van der Waals surface area (Å²) in [6.07, 6.45) is 2.59. The van der Waals surface area contributed by atoms with Crippen LogP contribution >= 0.6 is 11.6 Å². The van der Waals surface area contributed by atoms with Gasteiger partial charge in [-0.2, -0.15) is 8.42 Å². The van der Waals surface area contributed by atoms with E-state index in [0.29, 0.717) is 0 Å². The molecule has 102 valence electrons. The van der Waals surface area contributed by atoms with Crippen molar-refractivity contribution in [2.45, 2.75) is 5.03 Å². The Hall–Kier alpha value is -1.80. The lowest BCUT2D eigenvalue weighted by molar-refractivity contribution is 0.471. The molecule has 0 bridgehead atoms. The summed E-state index contributed by atoms with van der Waals surface area (Å²) in [6, 6.07) is 1.70. The van der Waals surface area contributed by atoms with Gasteiger partial charge in [0.05, 0.1) is 17.0 Å². The Morgan fingerprint density at radius 1 is 1.47 bits per heavy atom. The number of sulfonamides is 1. The molecule has 2 N–H and O–H groups in total. The first-order valence-electron chi connectivity index (χ1n) is 4.98. The van der Waals surface area contributed by atoms with Crippen molar-refractivity contribution in [1.82, 2.24) is 9.55 Å². The van der Waals surface area contributed by atoms with Crippen LogP contribution in [0, 0.1) is 5.82 Å². The summed E-state index contributed by atoms with van der Waals surface area (Å²) < 4.78 is 40.4. The van der Waals surface area contributed by atoms with Gasteiger partial charge in [0.15, 0.2) is 5.03 Å². The molecular formula is C10H9ClFN3O3S. The lowest BCUT2D eigenvalue weighted by Crippen LogP contribution is -2.13. The summed E-state index contributed by atoms with van der Waals surface area (Å²) in [5.41, 5.74) is -0.225. The van der Waals surface area contributed by atoms with E-state index in [9.17, 15) is 17.9 Å². The first-order valence-corrected chi connectivity index (χ1v) is 6.84. The zero-order valence-electron chi connectivity index (χ0n) is 9.63. The number of nitrogens with one attached hydrogen (secondary N) is 1. The third-order valence-electron chi connectivity index (χ3n) is 2.24. The first-order chi connectivity index (χ1) is 8.79. The molecule has 0 saturated carbocycles. The Morgan fingerprint density at radius 2 is 2.16 bits per heavy atom. The molecule has 0 spiro atoms. The number of phenols is 1. The highest BCUT2D eigenvalue weighted by molar-refractivity contribution is 7.92. The van der Waals surface area contributed by atoms with E-state index < -0.39 is 21.6 Å². The van der Waals surface area contributed by atoms with E-state index >= 15 is 0 Å². The summed E-state index contributed by atoms with van der Waals surface area (Å²) in [7, 11) is -2.36. The van der Waals surface area contributed by atoms with Crippen LogP contribution in [0.5, 0.6) is 5.75 Å². The fraction of sp³-hybridized carbons (Fsp3) is 0.100. The van der Waals surface area contributed by atoms with Crippen molar-refractivity contribution >= 4 is 27.3 Å². The first kappa shape index (κ1) is 13.6. The van der Waals surface area contributed by atoms with Crippen molar-refractivity contribution in [2.75, 3.05) is 4.72 Å². The number of hydrogen-bond donors (Lipinski definition) is 2. The van der Waals surface area contributed by atoms with Crippen molar-refractivity contribution in [3.63, 3.8) is 0 Å². The molecule has 1 heterocycles. The molecule has 0 amide bonds. The van der Waals surface area contributed by atoms with E-state index in [-0.39, 0.29) is 15.7 Å². The number of nitrogens with zero attached hydrogens (tertiary/aromatic N) is 2. The Balaban J connectivity index is 2.38. The number of phenolic OH excluding ortho intramolecular Hbond substituents is 1. The van der Waals surface area contributed by atoms with Crippen LogP contribution < -0.4 is 4.72 Å². The molecule has 0 aliphatic heterocycles. The molecule has 19 heavy (non-hydrogen) atoms. The summed E-state index contributed by atoms with van der Waals surface area (Å²) in [4.78, 5) is 3.68. The standard InChI is InChI=1S/C10H9ClFN3O3S/c1-15-4-10(13-5-15)19(17,18)14-8-2-6(11)7(12)3-9(8)16/h2-5,14,16H,1H3. The van der Waals surface area contributed by atoms with E-state index in [4.69, 9.17) is 11.6 Å². The highest BCUT2D eigenvalue weighted by atomic mass is 35.5. The maximum atomic E-state index is 13.0. The number of aryl methyl sites for hydroxylation is 1. The van der Waals surface area contributed by atoms with E-state index in [2.05, 4.69) is 9.71 Å². The molecule has 2 aromatic rings. The molecule has 0 atom stereocenters. The van der Waals surface area contributed by atoms with E-state index in [1.165, 1.54) is 17.1 Å². The van der Waals surface area contributed by atoms with Crippen LogP contribution in [-0.2, 0) is 17.1 Å². The highest BCUT2D eigenvalue weighted by Crippen LogP contribution is 2.30. The molecule has 0 aliphatic carbocycles. The lowest BCUT2D eigenvalue weighted by Gasteiger charge is -2.08. The Labute approximate surface area is 113 Å². The fourth-order valence-electron chi connectivity index (χ4n) is 1.34. The zero-order valence-corrected chi connectivity index (χ0v) is 11.2. The number of aromatic nitrogens is 2. The molecule has 1 aromatic carbocycles. The quantitative estimate of drug-likeness (QED) is 0.846. The minimum Gasteiger partial charge on any atom is -0.506 e. The van der Waals surface area contributed by atoms with Crippen molar-refractivity contribution in [1.29, 1.82) is 0 Å². The van der Waals surface area contributed by atoms with Gasteiger partial charge in [0.1, 0.15) is 11.6 Å². The number of hydrogen-bond acceptors (Lipinski definition) is 4. The van der Waals surface area contributed by atoms with E-state index in [1.807, 2.05) is 0 Å². The number of anilines is 1. The minimum absolute atomic E-state index is 0.225. The molecular weight excluding hydrogens is 297 g/mol. The van der Waals surface area contributed by atoms with Gasteiger partial charge in [0.25, 0.3) is 10.0 Å². The number of halogens is 2. The smallest absolute Gasteiger partial charge is 0.281 e. The van der Waals surface area contributed by atoms with E-state index in [1.54, 1.807) is 7.05 Å².